The Kier molecular flexibility index (Phi) is 8.07. The number of carboxylic acid groups (broad SMARTS) is 1. The standard InChI is InChI=1S/C11H21NO3S/c1-8(2)16-7-10(13)12-6-9(3)4-5-11(14)15/h8-9H,4-7H2,1-3H3,(H,12,13)(H,14,15). The van der Waals surface area contributed by atoms with Crippen LogP contribution in [0.2, 0.25) is 0 Å². The third kappa shape index (κ3) is 9.83. The summed E-state index contributed by atoms with van der Waals surface area (Å²) in [5.41, 5.74) is 0. The number of carbonyl (C=O) groups excluding carboxylic acids is 1. The molecular formula is C11H21NO3S. The second-order valence-electron chi connectivity index (χ2n) is 4.20. The fraction of sp³-hybridized carbons (Fsp3) is 0.818. The maximum atomic E-state index is 11.3. The smallest absolute Gasteiger partial charge is 0.303 e. The van der Waals surface area contributed by atoms with Crippen molar-refractivity contribution in [1.82, 2.24) is 5.32 Å². The van der Waals surface area contributed by atoms with Crippen molar-refractivity contribution in [3.8, 4) is 0 Å². The van der Waals surface area contributed by atoms with Crippen LogP contribution in [0.4, 0.5) is 0 Å². The second-order valence-corrected chi connectivity index (χ2v) is 5.77. The summed E-state index contributed by atoms with van der Waals surface area (Å²) < 4.78 is 0. The van der Waals surface area contributed by atoms with Gasteiger partial charge in [-0.1, -0.05) is 20.8 Å². The molecule has 5 heteroatoms. The molecule has 0 aromatic heterocycles. The predicted molar refractivity (Wildman–Crippen MR) is 66.6 cm³/mol. The molecule has 0 aliphatic rings. The van der Waals surface area contributed by atoms with Crippen molar-refractivity contribution in [3.63, 3.8) is 0 Å². The van der Waals surface area contributed by atoms with Crippen molar-refractivity contribution in [2.45, 2.75) is 38.9 Å². The molecule has 0 aromatic rings. The van der Waals surface area contributed by atoms with Crippen molar-refractivity contribution < 1.29 is 14.7 Å². The third-order valence-corrected chi connectivity index (χ3v) is 3.14. The van der Waals surface area contributed by atoms with Crippen molar-refractivity contribution >= 4 is 23.6 Å². The molecule has 0 bridgehead atoms. The van der Waals surface area contributed by atoms with Crippen molar-refractivity contribution in [3.05, 3.63) is 0 Å². The fourth-order valence-corrected chi connectivity index (χ4v) is 1.64. The lowest BCUT2D eigenvalue weighted by atomic mass is 10.1. The normalized spacial score (nSPS) is 12.5. The number of carbonyl (C=O) groups is 2. The first-order valence-electron chi connectivity index (χ1n) is 5.52. The lowest BCUT2D eigenvalue weighted by Crippen LogP contribution is -2.30. The molecule has 94 valence electrons. The molecule has 0 aliphatic carbocycles. The molecule has 1 unspecified atom stereocenters. The molecule has 0 aromatic carbocycles. The average molecular weight is 247 g/mol. The molecule has 0 radical (unpaired) electrons. The number of rotatable bonds is 8. The molecule has 4 nitrogen and oxygen atoms in total. The molecule has 0 saturated carbocycles. The molecular weight excluding hydrogens is 226 g/mol. The van der Waals surface area contributed by atoms with Gasteiger partial charge >= 0.3 is 5.97 Å². The Morgan fingerprint density at radius 1 is 1.31 bits per heavy atom. The van der Waals surface area contributed by atoms with Gasteiger partial charge in [-0.25, -0.2) is 0 Å². The summed E-state index contributed by atoms with van der Waals surface area (Å²) in [7, 11) is 0. The van der Waals surface area contributed by atoms with E-state index in [0.717, 1.165) is 0 Å². The van der Waals surface area contributed by atoms with Gasteiger partial charge in [0.15, 0.2) is 0 Å². The van der Waals surface area contributed by atoms with E-state index < -0.39 is 5.97 Å². The maximum absolute atomic E-state index is 11.3. The third-order valence-electron chi connectivity index (χ3n) is 2.05. The van der Waals surface area contributed by atoms with E-state index in [1.54, 1.807) is 11.8 Å². The molecule has 0 rings (SSSR count). The van der Waals surface area contributed by atoms with Crippen molar-refractivity contribution in [1.29, 1.82) is 0 Å². The van der Waals surface area contributed by atoms with Crippen molar-refractivity contribution in [2.24, 2.45) is 5.92 Å². The van der Waals surface area contributed by atoms with Crippen molar-refractivity contribution in [2.75, 3.05) is 12.3 Å². The number of amides is 1. The lowest BCUT2D eigenvalue weighted by molar-refractivity contribution is -0.137. The molecule has 1 atom stereocenters. The van der Waals surface area contributed by atoms with Gasteiger partial charge in [0.2, 0.25) is 5.91 Å². The Morgan fingerprint density at radius 2 is 1.94 bits per heavy atom. The van der Waals surface area contributed by atoms with E-state index in [-0.39, 0.29) is 18.2 Å². The van der Waals surface area contributed by atoms with E-state index in [9.17, 15) is 9.59 Å². The molecule has 0 heterocycles. The quantitative estimate of drug-likeness (QED) is 0.685. The zero-order valence-corrected chi connectivity index (χ0v) is 11.0. The number of carboxylic acids is 1. The van der Waals surface area contributed by atoms with E-state index in [1.165, 1.54) is 0 Å². The molecule has 0 fully saturated rings. The monoisotopic (exact) mass is 247 g/mol. The maximum Gasteiger partial charge on any atom is 0.303 e. The summed E-state index contributed by atoms with van der Waals surface area (Å²) in [6.45, 7) is 6.60. The van der Waals surface area contributed by atoms with Crippen LogP contribution in [0.3, 0.4) is 0 Å². The van der Waals surface area contributed by atoms with Crippen LogP contribution in [0.25, 0.3) is 0 Å². The molecule has 0 spiro atoms. The zero-order chi connectivity index (χ0) is 12.6. The van der Waals surface area contributed by atoms with Crippen LogP contribution < -0.4 is 5.32 Å². The van der Waals surface area contributed by atoms with Crippen LogP contribution in [0.1, 0.15) is 33.6 Å². The highest BCUT2D eigenvalue weighted by Gasteiger charge is 2.08. The SMILES string of the molecule is CC(CCC(=O)O)CNC(=O)CSC(C)C. The summed E-state index contributed by atoms with van der Waals surface area (Å²) in [6.07, 6.45) is 0.769. The Bertz CT molecular complexity index is 231. The molecule has 16 heavy (non-hydrogen) atoms. The fourth-order valence-electron chi connectivity index (χ4n) is 1.05. The van der Waals surface area contributed by atoms with E-state index in [1.807, 2.05) is 20.8 Å². The predicted octanol–water partition coefficient (Wildman–Crippen LogP) is 1.75. The molecule has 2 N–H and O–H groups in total. The topological polar surface area (TPSA) is 66.4 Å². The van der Waals surface area contributed by atoms with Crippen LogP contribution >= 0.6 is 11.8 Å². The highest BCUT2D eigenvalue weighted by atomic mass is 32.2. The van der Waals surface area contributed by atoms with Gasteiger partial charge in [0.05, 0.1) is 5.75 Å². The molecule has 0 aliphatic heterocycles. The molecule has 0 saturated heterocycles. The Balaban J connectivity index is 3.54. The van der Waals surface area contributed by atoms with Crippen LogP contribution in [-0.4, -0.2) is 34.5 Å². The number of hydrogen-bond acceptors (Lipinski definition) is 3. The van der Waals surface area contributed by atoms with Gasteiger partial charge < -0.3 is 10.4 Å². The Morgan fingerprint density at radius 3 is 2.44 bits per heavy atom. The van der Waals surface area contributed by atoms with Gasteiger partial charge in [-0.2, -0.15) is 0 Å². The first-order valence-corrected chi connectivity index (χ1v) is 6.56. The van der Waals surface area contributed by atoms with E-state index in [2.05, 4.69) is 5.32 Å². The first-order chi connectivity index (χ1) is 7.41. The summed E-state index contributed by atoms with van der Waals surface area (Å²) in [5, 5.41) is 11.8. The first kappa shape index (κ1) is 15.3. The highest BCUT2D eigenvalue weighted by molar-refractivity contribution is 8.00. The summed E-state index contributed by atoms with van der Waals surface area (Å²) in [6, 6.07) is 0. The number of nitrogens with one attached hydrogen (secondary N) is 1. The minimum absolute atomic E-state index is 0.0286. The highest BCUT2D eigenvalue weighted by Crippen LogP contribution is 2.08. The van der Waals surface area contributed by atoms with E-state index >= 15 is 0 Å². The van der Waals surface area contributed by atoms with Crippen LogP contribution in [0.5, 0.6) is 0 Å². The second kappa shape index (κ2) is 8.44. The van der Waals surface area contributed by atoms with Gasteiger partial charge in [0.1, 0.15) is 0 Å². The lowest BCUT2D eigenvalue weighted by Gasteiger charge is -2.11. The number of hydrogen-bond donors (Lipinski definition) is 2. The van der Waals surface area contributed by atoms with Gasteiger partial charge in [-0.3, -0.25) is 9.59 Å². The van der Waals surface area contributed by atoms with E-state index in [4.69, 9.17) is 5.11 Å². The molecule has 1 amide bonds. The van der Waals surface area contributed by atoms with Crippen LogP contribution in [0, 0.1) is 5.92 Å². The van der Waals surface area contributed by atoms with Crippen LogP contribution in [0.15, 0.2) is 0 Å². The van der Waals surface area contributed by atoms with Gasteiger partial charge in [-0.05, 0) is 17.6 Å². The minimum Gasteiger partial charge on any atom is -0.481 e. The van der Waals surface area contributed by atoms with Gasteiger partial charge in [0, 0.05) is 13.0 Å². The van der Waals surface area contributed by atoms with Gasteiger partial charge in [0.25, 0.3) is 0 Å². The van der Waals surface area contributed by atoms with Gasteiger partial charge in [-0.15, -0.1) is 11.8 Å². The zero-order valence-electron chi connectivity index (χ0n) is 10.2. The Labute approximate surface area is 101 Å². The average Bonchev–Trinajstić information content (AvgIpc) is 2.20. The minimum atomic E-state index is -0.784. The number of aliphatic carboxylic acids is 1. The van der Waals surface area contributed by atoms with Crippen LogP contribution in [-0.2, 0) is 9.59 Å². The Hall–Kier alpha value is -0.710. The summed E-state index contributed by atoms with van der Waals surface area (Å²) >= 11 is 1.60. The number of thioether (sulfide) groups is 1. The summed E-state index contributed by atoms with van der Waals surface area (Å²) in [4.78, 5) is 21.7. The summed E-state index contributed by atoms with van der Waals surface area (Å²) in [5.74, 6) is -0.0675. The largest absolute Gasteiger partial charge is 0.481 e. The van der Waals surface area contributed by atoms with E-state index in [0.29, 0.717) is 24.0 Å².